The van der Waals surface area contributed by atoms with Gasteiger partial charge in [0.25, 0.3) is 5.91 Å². The highest BCUT2D eigenvalue weighted by atomic mass is 35.5. The average Bonchev–Trinajstić information content (AvgIpc) is 2.75. The number of aromatic nitrogens is 2. The van der Waals surface area contributed by atoms with Gasteiger partial charge in [-0.25, -0.2) is 0 Å². The van der Waals surface area contributed by atoms with E-state index in [0.717, 1.165) is 5.69 Å². The summed E-state index contributed by atoms with van der Waals surface area (Å²) in [4.78, 5) is 13.8. The molecule has 0 fully saturated rings. The number of aryl methyl sites for hydroxylation is 1. The molecule has 0 unspecified atom stereocenters. The van der Waals surface area contributed by atoms with Crippen LogP contribution < -0.4 is 0 Å². The van der Waals surface area contributed by atoms with Gasteiger partial charge in [-0.15, -0.1) is 0 Å². The van der Waals surface area contributed by atoms with Gasteiger partial charge in [-0.3, -0.25) is 9.48 Å². The first-order valence-corrected chi connectivity index (χ1v) is 5.94. The van der Waals surface area contributed by atoms with Crippen molar-refractivity contribution in [2.45, 2.75) is 6.54 Å². The van der Waals surface area contributed by atoms with Gasteiger partial charge in [-0.2, -0.15) is 5.10 Å². The van der Waals surface area contributed by atoms with Crippen molar-refractivity contribution in [3.05, 3.63) is 52.8 Å². The standard InChI is InChI=1S/C13H14ClN3O/c1-16(9-10-7-8-15-17(10)2)13(18)11-5-3-4-6-12(11)14/h3-8H,9H2,1-2H3. The first kappa shape index (κ1) is 12.6. The summed E-state index contributed by atoms with van der Waals surface area (Å²) >= 11 is 6.01. The highest BCUT2D eigenvalue weighted by Crippen LogP contribution is 2.17. The van der Waals surface area contributed by atoms with Gasteiger partial charge in [-0.1, -0.05) is 23.7 Å². The van der Waals surface area contributed by atoms with E-state index >= 15 is 0 Å². The maximum atomic E-state index is 12.2. The Morgan fingerprint density at radius 3 is 2.72 bits per heavy atom. The molecule has 1 amide bonds. The predicted octanol–water partition coefficient (Wildman–Crippen LogP) is 2.35. The van der Waals surface area contributed by atoms with Crippen LogP contribution in [0.3, 0.4) is 0 Å². The molecule has 18 heavy (non-hydrogen) atoms. The Morgan fingerprint density at radius 1 is 1.39 bits per heavy atom. The Hall–Kier alpha value is -1.81. The zero-order valence-corrected chi connectivity index (χ0v) is 11.1. The van der Waals surface area contributed by atoms with Gasteiger partial charge in [0.05, 0.1) is 22.8 Å². The molecule has 5 heteroatoms. The van der Waals surface area contributed by atoms with Gasteiger partial charge in [0.1, 0.15) is 0 Å². The molecular formula is C13H14ClN3O. The molecule has 0 aliphatic carbocycles. The van der Waals surface area contributed by atoms with Crippen molar-refractivity contribution in [3.8, 4) is 0 Å². The number of amides is 1. The summed E-state index contributed by atoms with van der Waals surface area (Å²) < 4.78 is 1.75. The van der Waals surface area contributed by atoms with Crippen LogP contribution in [0.2, 0.25) is 5.02 Å². The predicted molar refractivity (Wildman–Crippen MR) is 70.5 cm³/mol. The molecule has 1 aromatic carbocycles. The van der Waals surface area contributed by atoms with Gasteiger partial charge >= 0.3 is 0 Å². The number of benzene rings is 1. The summed E-state index contributed by atoms with van der Waals surface area (Å²) in [5.74, 6) is -0.0956. The molecule has 0 N–H and O–H groups in total. The molecule has 1 aromatic heterocycles. The van der Waals surface area contributed by atoms with Crippen molar-refractivity contribution in [3.63, 3.8) is 0 Å². The van der Waals surface area contributed by atoms with E-state index in [1.807, 2.05) is 13.1 Å². The third-order valence-electron chi connectivity index (χ3n) is 2.77. The van der Waals surface area contributed by atoms with Crippen molar-refractivity contribution in [1.29, 1.82) is 0 Å². The Balaban J connectivity index is 2.15. The molecule has 0 bridgehead atoms. The number of hydrogen-bond acceptors (Lipinski definition) is 2. The SMILES string of the molecule is CN(Cc1ccnn1C)C(=O)c1ccccc1Cl. The maximum Gasteiger partial charge on any atom is 0.255 e. The minimum atomic E-state index is -0.0956. The van der Waals surface area contributed by atoms with Crippen LogP contribution in [0.25, 0.3) is 0 Å². The highest BCUT2D eigenvalue weighted by Gasteiger charge is 2.15. The fourth-order valence-electron chi connectivity index (χ4n) is 1.71. The fraction of sp³-hybridized carbons (Fsp3) is 0.231. The van der Waals surface area contributed by atoms with E-state index in [4.69, 9.17) is 11.6 Å². The van der Waals surface area contributed by atoms with Crippen LogP contribution in [-0.4, -0.2) is 27.6 Å². The van der Waals surface area contributed by atoms with Crippen LogP contribution in [-0.2, 0) is 13.6 Å². The monoisotopic (exact) mass is 263 g/mol. The molecule has 2 aromatic rings. The molecule has 1 heterocycles. The van der Waals surface area contributed by atoms with Crippen LogP contribution in [0.15, 0.2) is 36.5 Å². The number of nitrogens with zero attached hydrogens (tertiary/aromatic N) is 3. The van der Waals surface area contributed by atoms with Crippen LogP contribution in [0.5, 0.6) is 0 Å². The molecule has 0 saturated heterocycles. The lowest BCUT2D eigenvalue weighted by Gasteiger charge is -2.17. The molecule has 0 spiro atoms. The van der Waals surface area contributed by atoms with Crippen LogP contribution in [0, 0.1) is 0 Å². The Labute approximate surface area is 111 Å². The zero-order chi connectivity index (χ0) is 13.1. The molecule has 0 aliphatic rings. The van der Waals surface area contributed by atoms with E-state index < -0.39 is 0 Å². The average molecular weight is 264 g/mol. The second-order valence-corrected chi connectivity index (χ2v) is 4.49. The van der Waals surface area contributed by atoms with Crippen molar-refractivity contribution >= 4 is 17.5 Å². The first-order valence-electron chi connectivity index (χ1n) is 5.56. The minimum absolute atomic E-state index is 0.0956. The number of rotatable bonds is 3. The van der Waals surface area contributed by atoms with Crippen LogP contribution in [0.1, 0.15) is 16.1 Å². The summed E-state index contributed by atoms with van der Waals surface area (Å²) in [5.41, 5.74) is 1.49. The molecular weight excluding hydrogens is 250 g/mol. The molecule has 0 saturated carbocycles. The largest absolute Gasteiger partial charge is 0.336 e. The van der Waals surface area contributed by atoms with Gasteiger partial charge < -0.3 is 4.90 Å². The highest BCUT2D eigenvalue weighted by molar-refractivity contribution is 6.33. The van der Waals surface area contributed by atoms with Crippen molar-refractivity contribution in [2.75, 3.05) is 7.05 Å². The lowest BCUT2D eigenvalue weighted by molar-refractivity contribution is 0.0782. The molecule has 4 nitrogen and oxygen atoms in total. The van der Waals surface area contributed by atoms with Crippen molar-refractivity contribution in [1.82, 2.24) is 14.7 Å². The minimum Gasteiger partial charge on any atom is -0.336 e. The molecule has 2 rings (SSSR count). The normalized spacial score (nSPS) is 10.4. The lowest BCUT2D eigenvalue weighted by atomic mass is 10.2. The third kappa shape index (κ3) is 2.54. The number of hydrogen-bond donors (Lipinski definition) is 0. The van der Waals surface area contributed by atoms with E-state index in [-0.39, 0.29) is 5.91 Å². The van der Waals surface area contributed by atoms with Crippen LogP contribution >= 0.6 is 11.6 Å². The van der Waals surface area contributed by atoms with Crippen molar-refractivity contribution in [2.24, 2.45) is 7.05 Å². The Morgan fingerprint density at radius 2 is 2.11 bits per heavy atom. The Bertz CT molecular complexity index is 565. The molecule has 94 valence electrons. The smallest absolute Gasteiger partial charge is 0.255 e. The fourth-order valence-corrected chi connectivity index (χ4v) is 1.93. The van der Waals surface area contributed by atoms with Gasteiger partial charge in [0.2, 0.25) is 0 Å². The summed E-state index contributed by atoms with van der Waals surface area (Å²) in [6.45, 7) is 0.501. The van der Waals surface area contributed by atoms with E-state index in [1.54, 1.807) is 47.1 Å². The Kier molecular flexibility index (Phi) is 3.67. The summed E-state index contributed by atoms with van der Waals surface area (Å²) in [5, 5.41) is 4.54. The summed E-state index contributed by atoms with van der Waals surface area (Å²) in [6.07, 6.45) is 1.71. The second-order valence-electron chi connectivity index (χ2n) is 4.09. The zero-order valence-electron chi connectivity index (χ0n) is 10.3. The lowest BCUT2D eigenvalue weighted by Crippen LogP contribution is -2.27. The van der Waals surface area contributed by atoms with E-state index in [0.29, 0.717) is 17.1 Å². The summed E-state index contributed by atoms with van der Waals surface area (Å²) in [7, 11) is 3.60. The van der Waals surface area contributed by atoms with E-state index in [1.165, 1.54) is 0 Å². The van der Waals surface area contributed by atoms with E-state index in [2.05, 4.69) is 5.10 Å². The molecule has 0 radical (unpaired) electrons. The first-order chi connectivity index (χ1) is 8.59. The van der Waals surface area contributed by atoms with Gasteiger partial charge in [0.15, 0.2) is 0 Å². The number of carbonyl (C=O) groups excluding carboxylic acids is 1. The number of carbonyl (C=O) groups is 1. The summed E-state index contributed by atoms with van der Waals surface area (Å²) in [6, 6.07) is 8.94. The van der Waals surface area contributed by atoms with Crippen molar-refractivity contribution < 1.29 is 4.79 Å². The molecule has 0 aliphatic heterocycles. The van der Waals surface area contributed by atoms with E-state index in [9.17, 15) is 4.79 Å². The van der Waals surface area contributed by atoms with Gasteiger partial charge in [-0.05, 0) is 18.2 Å². The third-order valence-corrected chi connectivity index (χ3v) is 3.10. The van der Waals surface area contributed by atoms with Gasteiger partial charge in [0, 0.05) is 20.3 Å². The number of halogens is 1. The topological polar surface area (TPSA) is 38.1 Å². The second kappa shape index (κ2) is 5.23. The maximum absolute atomic E-state index is 12.2. The van der Waals surface area contributed by atoms with Crippen LogP contribution in [0.4, 0.5) is 0 Å². The quantitative estimate of drug-likeness (QED) is 0.853. The molecule has 0 atom stereocenters.